The molecular weight excluding hydrogens is 496 g/mol. The molecule has 0 spiro atoms. The van der Waals surface area contributed by atoms with Crippen LogP contribution >= 0.6 is 27.5 Å². The highest BCUT2D eigenvalue weighted by atomic mass is 79.9. The van der Waals surface area contributed by atoms with Gasteiger partial charge in [-0.1, -0.05) is 29.8 Å². The van der Waals surface area contributed by atoms with E-state index in [4.69, 9.17) is 16.3 Å². The molecule has 2 aromatic heterocycles. The van der Waals surface area contributed by atoms with E-state index in [1.807, 2.05) is 16.7 Å². The molecule has 3 rings (SSSR count). The highest BCUT2D eigenvalue weighted by Gasteiger charge is 2.29. The van der Waals surface area contributed by atoms with Crippen LogP contribution in [0.1, 0.15) is 40.3 Å². The molecule has 2 heterocycles. The van der Waals surface area contributed by atoms with Crippen LogP contribution in [0, 0.1) is 6.92 Å². The Labute approximate surface area is 199 Å². The lowest BCUT2D eigenvalue weighted by molar-refractivity contribution is 0.0518. The van der Waals surface area contributed by atoms with Gasteiger partial charge in [0.15, 0.2) is 10.4 Å². The number of aryl methyl sites for hydroxylation is 2. The molecule has 0 bridgehead atoms. The van der Waals surface area contributed by atoms with Gasteiger partial charge in [-0.25, -0.2) is 9.78 Å². The summed E-state index contributed by atoms with van der Waals surface area (Å²) < 4.78 is 9.11. The number of benzene rings is 1. The van der Waals surface area contributed by atoms with Crippen molar-refractivity contribution in [1.82, 2.24) is 14.1 Å². The average molecular weight is 520 g/mol. The Morgan fingerprint density at radius 1 is 1.38 bits per heavy atom. The molecule has 0 aliphatic heterocycles. The van der Waals surface area contributed by atoms with Gasteiger partial charge in [-0.2, -0.15) is 0 Å². The lowest BCUT2D eigenvalue weighted by Crippen LogP contribution is -2.23. The summed E-state index contributed by atoms with van der Waals surface area (Å²) in [4.78, 5) is 29.4. The van der Waals surface area contributed by atoms with E-state index in [1.54, 1.807) is 51.4 Å². The van der Waals surface area contributed by atoms with Crippen LogP contribution in [0.25, 0.3) is 0 Å². The van der Waals surface area contributed by atoms with Crippen molar-refractivity contribution in [3.63, 3.8) is 0 Å². The fourth-order valence-corrected chi connectivity index (χ4v) is 4.11. The first-order valence-electron chi connectivity index (χ1n) is 10.00. The van der Waals surface area contributed by atoms with E-state index in [-0.39, 0.29) is 17.9 Å². The van der Waals surface area contributed by atoms with Crippen molar-refractivity contribution in [2.75, 3.05) is 11.9 Å². The van der Waals surface area contributed by atoms with Gasteiger partial charge in [-0.15, -0.1) is 6.58 Å². The normalized spacial score (nSPS) is 11.8. The summed E-state index contributed by atoms with van der Waals surface area (Å²) in [5.74, 6) is -0.525. The molecule has 0 saturated heterocycles. The van der Waals surface area contributed by atoms with Crippen LogP contribution in [0.3, 0.4) is 0 Å². The van der Waals surface area contributed by atoms with Gasteiger partial charge in [0, 0.05) is 30.4 Å². The molecule has 3 aromatic rings. The Morgan fingerprint density at radius 3 is 2.66 bits per heavy atom. The van der Waals surface area contributed by atoms with Crippen molar-refractivity contribution in [2.45, 2.75) is 26.4 Å². The van der Waals surface area contributed by atoms with Crippen molar-refractivity contribution in [3.8, 4) is 0 Å². The zero-order valence-electron chi connectivity index (χ0n) is 18.1. The topological polar surface area (TPSA) is 78.2 Å². The molecule has 0 amide bonds. The molecule has 1 unspecified atom stereocenters. The van der Waals surface area contributed by atoms with Crippen molar-refractivity contribution in [2.24, 2.45) is 7.05 Å². The molecule has 0 radical (unpaired) electrons. The van der Waals surface area contributed by atoms with Gasteiger partial charge >= 0.3 is 5.97 Å². The van der Waals surface area contributed by atoms with Crippen molar-refractivity contribution < 1.29 is 9.53 Å². The van der Waals surface area contributed by atoms with Crippen LogP contribution in [0.5, 0.6) is 0 Å². The third-order valence-electron chi connectivity index (χ3n) is 4.89. The summed E-state index contributed by atoms with van der Waals surface area (Å²) >= 11 is 9.58. The molecular formula is C23H24BrClN4O3. The molecule has 1 N–H and O–H groups in total. The van der Waals surface area contributed by atoms with Crippen LogP contribution in [-0.2, 0) is 18.3 Å². The van der Waals surface area contributed by atoms with E-state index in [9.17, 15) is 9.59 Å². The molecule has 0 aliphatic rings. The lowest BCUT2D eigenvalue weighted by atomic mass is 10.0. The zero-order chi connectivity index (χ0) is 23.4. The quantitative estimate of drug-likeness (QED) is 0.339. The Hall–Kier alpha value is -2.84. The van der Waals surface area contributed by atoms with Gasteiger partial charge in [0.05, 0.1) is 24.0 Å². The number of pyridine rings is 1. The van der Waals surface area contributed by atoms with E-state index in [2.05, 4.69) is 32.8 Å². The maximum absolute atomic E-state index is 12.8. The number of halogens is 2. The summed E-state index contributed by atoms with van der Waals surface area (Å²) in [6, 6.07) is 8.60. The first-order chi connectivity index (χ1) is 15.3. The number of carbonyl (C=O) groups is 1. The lowest BCUT2D eigenvalue weighted by Gasteiger charge is -2.24. The molecule has 0 aliphatic carbocycles. The number of aromatic nitrogens is 3. The van der Waals surface area contributed by atoms with E-state index in [0.717, 1.165) is 5.56 Å². The number of anilines is 1. The maximum atomic E-state index is 12.8. The monoisotopic (exact) mass is 518 g/mol. The number of esters is 1. The van der Waals surface area contributed by atoms with Gasteiger partial charge in [-0.3, -0.25) is 4.79 Å². The SMILES string of the molecule is C=CCn1c(Br)nc(C(=O)OCC)c1C(Nc1cc(C)c(=O)n(C)c1)c1ccc(Cl)cc1. The van der Waals surface area contributed by atoms with E-state index in [0.29, 0.717) is 33.2 Å². The van der Waals surface area contributed by atoms with Crippen LogP contribution in [0.4, 0.5) is 5.69 Å². The summed E-state index contributed by atoms with van der Waals surface area (Å²) in [5.41, 5.74) is 2.87. The number of imidazole rings is 1. The van der Waals surface area contributed by atoms with Crippen molar-refractivity contribution >= 4 is 39.2 Å². The second-order valence-electron chi connectivity index (χ2n) is 7.19. The van der Waals surface area contributed by atoms with Crippen molar-refractivity contribution in [3.05, 3.63) is 91.8 Å². The number of carbonyl (C=O) groups excluding carboxylic acids is 1. The Bertz CT molecular complexity index is 1170. The molecule has 7 nitrogen and oxygen atoms in total. The first kappa shape index (κ1) is 23.8. The third-order valence-corrected chi connectivity index (χ3v) is 5.75. The fourth-order valence-electron chi connectivity index (χ4n) is 3.47. The Morgan fingerprint density at radius 2 is 2.06 bits per heavy atom. The number of rotatable bonds is 8. The summed E-state index contributed by atoms with van der Waals surface area (Å²) in [7, 11) is 1.69. The van der Waals surface area contributed by atoms with Gasteiger partial charge < -0.3 is 19.2 Å². The van der Waals surface area contributed by atoms with Crippen LogP contribution in [-0.4, -0.2) is 26.7 Å². The Balaban J connectivity index is 2.23. The predicted molar refractivity (Wildman–Crippen MR) is 129 cm³/mol. The zero-order valence-corrected chi connectivity index (χ0v) is 20.4. The molecule has 168 valence electrons. The van der Waals surface area contributed by atoms with Gasteiger partial charge in [0.25, 0.3) is 5.56 Å². The van der Waals surface area contributed by atoms with Gasteiger partial charge in [-0.05, 0) is 53.5 Å². The molecule has 0 saturated carbocycles. The third kappa shape index (κ3) is 4.97. The molecule has 9 heteroatoms. The number of ether oxygens (including phenoxy) is 1. The standard InChI is InChI=1S/C23H24BrClN4O3/c1-5-11-29-20(19(27-23(29)24)22(31)32-6-2)18(15-7-9-16(25)10-8-15)26-17-12-14(3)21(30)28(4)13-17/h5,7-10,12-13,18,26H,1,6,11H2,2-4H3. The molecule has 1 aromatic carbocycles. The van der Waals surface area contributed by atoms with E-state index in [1.165, 1.54) is 4.57 Å². The summed E-state index contributed by atoms with van der Waals surface area (Å²) in [5, 5.41) is 4.06. The van der Waals surface area contributed by atoms with Crippen LogP contribution in [0.2, 0.25) is 5.02 Å². The minimum absolute atomic E-state index is 0.0785. The molecule has 32 heavy (non-hydrogen) atoms. The molecule has 0 fully saturated rings. The number of nitrogens with one attached hydrogen (secondary N) is 1. The first-order valence-corrected chi connectivity index (χ1v) is 11.2. The van der Waals surface area contributed by atoms with Crippen LogP contribution in [0.15, 0.2) is 58.7 Å². The minimum Gasteiger partial charge on any atom is -0.461 e. The predicted octanol–water partition coefficient (Wildman–Crippen LogP) is 4.87. The number of allylic oxidation sites excluding steroid dienone is 1. The highest BCUT2D eigenvalue weighted by molar-refractivity contribution is 9.10. The Kier molecular flexibility index (Phi) is 7.58. The van der Waals surface area contributed by atoms with Gasteiger partial charge in [0.1, 0.15) is 0 Å². The van der Waals surface area contributed by atoms with E-state index < -0.39 is 12.0 Å². The number of hydrogen-bond donors (Lipinski definition) is 1. The highest BCUT2D eigenvalue weighted by Crippen LogP contribution is 2.33. The minimum atomic E-state index is -0.525. The van der Waals surface area contributed by atoms with E-state index >= 15 is 0 Å². The van der Waals surface area contributed by atoms with Crippen LogP contribution < -0.4 is 10.9 Å². The van der Waals surface area contributed by atoms with Gasteiger partial charge in [0.2, 0.25) is 0 Å². The number of hydrogen-bond acceptors (Lipinski definition) is 5. The maximum Gasteiger partial charge on any atom is 0.358 e. The smallest absolute Gasteiger partial charge is 0.358 e. The second-order valence-corrected chi connectivity index (χ2v) is 8.34. The molecule has 1 atom stereocenters. The largest absolute Gasteiger partial charge is 0.461 e. The summed E-state index contributed by atoms with van der Waals surface area (Å²) in [6.07, 6.45) is 3.44. The second kappa shape index (κ2) is 10.2. The van der Waals surface area contributed by atoms with Crippen molar-refractivity contribution in [1.29, 1.82) is 0 Å². The fraction of sp³-hybridized carbons (Fsp3) is 0.261. The average Bonchev–Trinajstić information content (AvgIpc) is 3.07. The summed E-state index contributed by atoms with van der Waals surface area (Å²) in [6.45, 7) is 7.97. The number of nitrogens with zero attached hydrogens (tertiary/aromatic N) is 3.